The van der Waals surface area contributed by atoms with Crippen molar-refractivity contribution in [1.29, 1.82) is 0 Å². The predicted octanol–water partition coefficient (Wildman–Crippen LogP) is 2.35. The molecule has 2 N–H and O–H groups in total. The van der Waals surface area contributed by atoms with Crippen molar-refractivity contribution in [1.82, 2.24) is 10.2 Å². The van der Waals surface area contributed by atoms with E-state index in [1.165, 1.54) is 12.1 Å². The number of halogens is 1. The maximum absolute atomic E-state index is 13.4. The van der Waals surface area contributed by atoms with Gasteiger partial charge in [-0.2, -0.15) is 5.10 Å². The van der Waals surface area contributed by atoms with E-state index in [0.29, 0.717) is 0 Å². The molecule has 1 aromatic heterocycles. The van der Waals surface area contributed by atoms with Crippen LogP contribution in [0.3, 0.4) is 0 Å². The van der Waals surface area contributed by atoms with Crippen LogP contribution in [0.2, 0.25) is 0 Å². The van der Waals surface area contributed by atoms with Gasteiger partial charge in [0.1, 0.15) is 5.82 Å². The Morgan fingerprint density at radius 1 is 1.39 bits per heavy atom. The van der Waals surface area contributed by atoms with Gasteiger partial charge < -0.3 is 5.32 Å². The lowest BCUT2D eigenvalue weighted by Gasteiger charge is -2.06. The number of rotatable bonds is 3. The summed E-state index contributed by atoms with van der Waals surface area (Å²) in [4.78, 5) is 11.8. The quantitative estimate of drug-likeness (QED) is 0.874. The molecule has 0 radical (unpaired) electrons. The van der Waals surface area contributed by atoms with Gasteiger partial charge in [-0.15, -0.1) is 0 Å². The molecule has 0 saturated heterocycles. The van der Waals surface area contributed by atoms with E-state index in [4.69, 9.17) is 0 Å². The number of aromatic amines is 1. The average Bonchev–Trinajstić information content (AvgIpc) is 2.64. The number of nitrogens with one attached hydrogen (secondary N) is 2. The van der Waals surface area contributed by atoms with Gasteiger partial charge in [0.25, 0.3) is 0 Å². The van der Waals surface area contributed by atoms with Crippen molar-refractivity contribution in [3.05, 3.63) is 47.0 Å². The summed E-state index contributed by atoms with van der Waals surface area (Å²) in [6, 6.07) is 6.09. The summed E-state index contributed by atoms with van der Waals surface area (Å²) in [5.41, 5.74) is 2.69. The molecule has 0 unspecified atom stereocenters. The molecule has 0 fully saturated rings. The molecule has 1 aromatic carbocycles. The van der Waals surface area contributed by atoms with Crippen LogP contribution in [-0.2, 0) is 11.2 Å². The number of H-pyrrole nitrogens is 1. The van der Waals surface area contributed by atoms with E-state index < -0.39 is 5.82 Å². The van der Waals surface area contributed by atoms with Crippen molar-refractivity contribution < 1.29 is 9.18 Å². The third-order valence-electron chi connectivity index (χ3n) is 2.77. The number of anilines is 1. The number of amides is 1. The van der Waals surface area contributed by atoms with E-state index in [0.717, 1.165) is 17.0 Å². The molecule has 2 rings (SSSR count). The number of para-hydroxylation sites is 1. The molecule has 0 aliphatic carbocycles. The second-order valence-electron chi connectivity index (χ2n) is 4.12. The maximum Gasteiger partial charge on any atom is 0.229 e. The SMILES string of the molecule is Cc1n[nH]c(C)c1CC(=O)Nc1ccccc1F. The zero-order valence-corrected chi connectivity index (χ0v) is 10.2. The fourth-order valence-corrected chi connectivity index (χ4v) is 1.75. The molecular weight excluding hydrogens is 233 g/mol. The van der Waals surface area contributed by atoms with Gasteiger partial charge in [-0.3, -0.25) is 9.89 Å². The normalized spacial score (nSPS) is 10.4. The van der Waals surface area contributed by atoms with Gasteiger partial charge in [0.15, 0.2) is 0 Å². The number of aromatic nitrogens is 2. The van der Waals surface area contributed by atoms with E-state index in [2.05, 4.69) is 15.5 Å². The van der Waals surface area contributed by atoms with Gasteiger partial charge in [-0.1, -0.05) is 12.1 Å². The first-order valence-corrected chi connectivity index (χ1v) is 5.62. The summed E-state index contributed by atoms with van der Waals surface area (Å²) >= 11 is 0. The van der Waals surface area contributed by atoms with E-state index in [9.17, 15) is 9.18 Å². The first-order chi connectivity index (χ1) is 8.58. The van der Waals surface area contributed by atoms with Crippen LogP contribution in [0.4, 0.5) is 10.1 Å². The Hall–Kier alpha value is -2.17. The maximum atomic E-state index is 13.4. The van der Waals surface area contributed by atoms with E-state index in [1.807, 2.05) is 13.8 Å². The third-order valence-corrected chi connectivity index (χ3v) is 2.77. The van der Waals surface area contributed by atoms with Gasteiger partial charge in [0.2, 0.25) is 5.91 Å². The highest BCUT2D eigenvalue weighted by Crippen LogP contribution is 2.14. The largest absolute Gasteiger partial charge is 0.323 e. The molecule has 0 bridgehead atoms. The number of carbonyl (C=O) groups excluding carboxylic acids is 1. The molecule has 0 aliphatic rings. The standard InChI is InChI=1S/C13H14FN3O/c1-8-10(9(2)17-16-8)7-13(18)15-12-6-4-3-5-11(12)14/h3-6H,7H2,1-2H3,(H,15,18)(H,16,17). The lowest BCUT2D eigenvalue weighted by Crippen LogP contribution is -2.16. The van der Waals surface area contributed by atoms with Crippen LogP contribution in [0.5, 0.6) is 0 Å². The number of carbonyl (C=O) groups is 1. The first kappa shape index (κ1) is 12.3. The van der Waals surface area contributed by atoms with Crippen molar-refractivity contribution in [2.24, 2.45) is 0 Å². The Labute approximate surface area is 104 Å². The second kappa shape index (κ2) is 5.00. The zero-order valence-electron chi connectivity index (χ0n) is 10.2. The molecule has 4 nitrogen and oxygen atoms in total. The van der Waals surface area contributed by atoms with Crippen LogP contribution in [0.15, 0.2) is 24.3 Å². The Bertz CT molecular complexity index is 558. The zero-order chi connectivity index (χ0) is 13.1. The number of benzene rings is 1. The molecule has 0 aliphatic heterocycles. The fourth-order valence-electron chi connectivity index (χ4n) is 1.75. The van der Waals surface area contributed by atoms with Crippen molar-refractivity contribution in [2.45, 2.75) is 20.3 Å². The minimum Gasteiger partial charge on any atom is -0.323 e. The molecule has 5 heteroatoms. The number of hydrogen-bond donors (Lipinski definition) is 2. The number of aryl methyl sites for hydroxylation is 2. The van der Waals surface area contributed by atoms with Gasteiger partial charge in [-0.25, -0.2) is 4.39 Å². The minimum atomic E-state index is -0.438. The molecule has 0 spiro atoms. The van der Waals surface area contributed by atoms with Crippen LogP contribution < -0.4 is 5.32 Å². The van der Waals surface area contributed by atoms with Gasteiger partial charge >= 0.3 is 0 Å². The lowest BCUT2D eigenvalue weighted by atomic mass is 10.1. The Morgan fingerprint density at radius 3 is 2.72 bits per heavy atom. The van der Waals surface area contributed by atoms with Crippen molar-refractivity contribution in [3.63, 3.8) is 0 Å². The van der Waals surface area contributed by atoms with E-state index >= 15 is 0 Å². The van der Waals surface area contributed by atoms with E-state index in [-0.39, 0.29) is 18.0 Å². The summed E-state index contributed by atoms with van der Waals surface area (Å²) in [7, 11) is 0. The average molecular weight is 247 g/mol. The monoisotopic (exact) mass is 247 g/mol. The van der Waals surface area contributed by atoms with E-state index in [1.54, 1.807) is 12.1 Å². The Balaban J connectivity index is 2.08. The van der Waals surface area contributed by atoms with Gasteiger partial charge in [-0.05, 0) is 26.0 Å². The lowest BCUT2D eigenvalue weighted by molar-refractivity contribution is -0.115. The fraction of sp³-hybridized carbons (Fsp3) is 0.231. The highest BCUT2D eigenvalue weighted by atomic mass is 19.1. The summed E-state index contributed by atoms with van der Waals surface area (Å²) in [6.07, 6.45) is 0.183. The molecule has 0 atom stereocenters. The Kier molecular flexibility index (Phi) is 3.41. The van der Waals surface area contributed by atoms with Crippen LogP contribution >= 0.6 is 0 Å². The topological polar surface area (TPSA) is 57.8 Å². The molecule has 94 valence electrons. The smallest absolute Gasteiger partial charge is 0.229 e. The molecular formula is C13H14FN3O. The molecule has 2 aromatic rings. The van der Waals surface area contributed by atoms with Gasteiger partial charge in [0.05, 0.1) is 17.8 Å². The number of hydrogen-bond acceptors (Lipinski definition) is 2. The summed E-state index contributed by atoms with van der Waals surface area (Å²) in [6.45, 7) is 3.68. The molecule has 0 saturated carbocycles. The Morgan fingerprint density at radius 2 is 2.11 bits per heavy atom. The van der Waals surface area contributed by atoms with Crippen LogP contribution in [0.25, 0.3) is 0 Å². The third kappa shape index (κ3) is 2.56. The summed E-state index contributed by atoms with van der Waals surface area (Å²) < 4.78 is 13.4. The van der Waals surface area contributed by atoms with Crippen LogP contribution in [-0.4, -0.2) is 16.1 Å². The molecule has 1 amide bonds. The van der Waals surface area contributed by atoms with Gasteiger partial charge in [0, 0.05) is 11.3 Å². The highest BCUT2D eigenvalue weighted by Gasteiger charge is 2.12. The number of nitrogens with zero attached hydrogens (tertiary/aromatic N) is 1. The molecule has 1 heterocycles. The predicted molar refractivity (Wildman–Crippen MR) is 66.8 cm³/mol. The second-order valence-corrected chi connectivity index (χ2v) is 4.12. The van der Waals surface area contributed by atoms with Crippen LogP contribution in [0.1, 0.15) is 17.0 Å². The van der Waals surface area contributed by atoms with Crippen molar-refractivity contribution >= 4 is 11.6 Å². The summed E-state index contributed by atoms with van der Waals surface area (Å²) in [5, 5.41) is 9.38. The summed E-state index contributed by atoms with van der Waals surface area (Å²) in [5.74, 6) is -0.695. The van der Waals surface area contributed by atoms with Crippen LogP contribution in [0, 0.1) is 19.7 Å². The first-order valence-electron chi connectivity index (χ1n) is 5.62. The van der Waals surface area contributed by atoms with Crippen molar-refractivity contribution in [3.8, 4) is 0 Å². The highest BCUT2D eigenvalue weighted by molar-refractivity contribution is 5.92. The molecule has 18 heavy (non-hydrogen) atoms. The minimum absolute atomic E-state index is 0.183. The van der Waals surface area contributed by atoms with Crippen molar-refractivity contribution in [2.75, 3.05) is 5.32 Å².